The van der Waals surface area contributed by atoms with Crippen LogP contribution in [0.25, 0.3) is 5.32 Å². The third kappa shape index (κ3) is 6.09. The SMILES string of the molecule is Cc1cc(C)c(O)c(Pc2c(C)cccc2C[N-]c2ccccc2)c1.[Cl][Ti+]. The summed E-state index contributed by atoms with van der Waals surface area (Å²) in [6, 6.07) is 20.5. The van der Waals surface area contributed by atoms with E-state index in [4.69, 9.17) is 5.32 Å². The average molecular weight is 432 g/mol. The van der Waals surface area contributed by atoms with Gasteiger partial charge in [0.2, 0.25) is 0 Å². The first kappa shape index (κ1) is 22.0. The number of aromatic hydroxyl groups is 1. The maximum absolute atomic E-state index is 10.5. The Bertz CT molecular complexity index is 887. The predicted octanol–water partition coefficient (Wildman–Crippen LogP) is 5.84. The number of nitrogens with zero attached hydrogens (tertiary/aromatic N) is 1. The normalized spacial score (nSPS) is 10.5. The second kappa shape index (κ2) is 10.9. The monoisotopic (exact) mass is 431 g/mol. The molecule has 0 saturated heterocycles. The zero-order chi connectivity index (χ0) is 19.8. The van der Waals surface area contributed by atoms with Crippen molar-refractivity contribution in [3.63, 3.8) is 0 Å². The van der Waals surface area contributed by atoms with Crippen molar-refractivity contribution in [3.05, 3.63) is 88.2 Å². The molecule has 0 aliphatic heterocycles. The van der Waals surface area contributed by atoms with Crippen molar-refractivity contribution in [1.29, 1.82) is 0 Å². The van der Waals surface area contributed by atoms with Crippen molar-refractivity contribution >= 4 is 34.2 Å². The van der Waals surface area contributed by atoms with Crippen molar-refractivity contribution in [2.75, 3.05) is 0 Å². The van der Waals surface area contributed by atoms with Gasteiger partial charge in [0.15, 0.2) is 0 Å². The van der Waals surface area contributed by atoms with E-state index in [9.17, 15) is 5.11 Å². The summed E-state index contributed by atoms with van der Waals surface area (Å²) in [5.74, 6) is 0.415. The second-order valence-electron chi connectivity index (χ2n) is 6.36. The Kier molecular flexibility index (Phi) is 8.86. The molecule has 0 saturated carbocycles. The fourth-order valence-electron chi connectivity index (χ4n) is 2.94. The van der Waals surface area contributed by atoms with Crippen LogP contribution in [0.4, 0.5) is 5.69 Å². The van der Waals surface area contributed by atoms with E-state index in [0.717, 1.165) is 16.6 Å². The molecule has 3 rings (SSSR count). The molecule has 0 aliphatic carbocycles. The molecule has 138 valence electrons. The first-order valence-corrected chi connectivity index (χ1v) is 11.8. The molecule has 0 spiro atoms. The van der Waals surface area contributed by atoms with Gasteiger partial charge in [-0.1, -0.05) is 68.7 Å². The van der Waals surface area contributed by atoms with Gasteiger partial charge in [-0.25, -0.2) is 0 Å². The third-order valence-electron chi connectivity index (χ3n) is 4.25. The van der Waals surface area contributed by atoms with Crippen LogP contribution in [0.1, 0.15) is 22.3 Å². The Morgan fingerprint density at radius 2 is 1.63 bits per heavy atom. The van der Waals surface area contributed by atoms with Gasteiger partial charge in [0, 0.05) is 5.30 Å². The molecule has 0 radical (unpaired) electrons. The Morgan fingerprint density at radius 1 is 0.926 bits per heavy atom. The second-order valence-corrected chi connectivity index (χ2v) is 7.65. The van der Waals surface area contributed by atoms with Crippen molar-refractivity contribution in [2.45, 2.75) is 27.3 Å². The van der Waals surface area contributed by atoms with Crippen molar-refractivity contribution in [1.82, 2.24) is 0 Å². The fourth-order valence-corrected chi connectivity index (χ4v) is 4.43. The first-order valence-electron chi connectivity index (χ1n) is 8.62. The van der Waals surface area contributed by atoms with E-state index in [1.165, 1.54) is 41.4 Å². The molecular formula is C22H23ClNOPTi. The number of hydrogen-bond acceptors (Lipinski definition) is 1. The van der Waals surface area contributed by atoms with E-state index in [-0.39, 0.29) is 0 Å². The molecule has 3 aromatic rings. The van der Waals surface area contributed by atoms with Crippen LogP contribution in [0, 0.1) is 20.8 Å². The van der Waals surface area contributed by atoms with Gasteiger partial charge in [-0.15, -0.1) is 12.2 Å². The molecule has 1 atom stereocenters. The van der Waals surface area contributed by atoms with Crippen LogP contribution in [0.2, 0.25) is 0 Å². The number of phenols is 1. The fraction of sp³-hybridized carbons (Fsp3) is 0.182. The van der Waals surface area contributed by atoms with Gasteiger partial charge in [0.05, 0.1) is 0 Å². The summed E-state index contributed by atoms with van der Waals surface area (Å²) < 4.78 is 0. The molecule has 1 N–H and O–H groups in total. The Balaban J connectivity index is 0.00000126. The molecule has 1 unspecified atom stereocenters. The summed E-state index contributed by atoms with van der Waals surface area (Å²) >= 11 is 1.47. The Hall–Kier alpha value is -1.31. The molecule has 0 aliphatic rings. The number of halogens is 1. The molecule has 5 heteroatoms. The van der Waals surface area contributed by atoms with Crippen LogP contribution < -0.4 is 10.6 Å². The van der Waals surface area contributed by atoms with Crippen LogP contribution in [-0.4, -0.2) is 5.11 Å². The summed E-state index contributed by atoms with van der Waals surface area (Å²) in [6.45, 7) is 6.82. The summed E-state index contributed by atoms with van der Waals surface area (Å²) in [4.78, 5) is 0. The van der Waals surface area contributed by atoms with E-state index in [2.05, 4.69) is 47.4 Å². The summed E-state index contributed by atoms with van der Waals surface area (Å²) in [7, 11) is 5.06. The number of phenolic OH excluding ortho intramolecular Hbond substituents is 1. The van der Waals surface area contributed by atoms with Gasteiger partial charge < -0.3 is 10.4 Å². The predicted molar refractivity (Wildman–Crippen MR) is 115 cm³/mol. The van der Waals surface area contributed by atoms with Crippen molar-refractivity contribution in [3.8, 4) is 5.75 Å². The van der Waals surface area contributed by atoms with E-state index in [1.54, 1.807) is 0 Å². The summed E-state index contributed by atoms with van der Waals surface area (Å²) in [6.07, 6.45) is 0. The van der Waals surface area contributed by atoms with Crippen LogP contribution in [-0.2, 0) is 25.9 Å². The standard InChI is InChI=1S/C22H23NOP.ClH.Ti/c1-15-12-17(3)21(24)20(13-15)25-22-16(2)8-7-9-18(22)14-23-19-10-5-4-6-11-19;;/h4-13,24-25H,14H2,1-3H3;1H;/q-1;;+2/p-1. The molecule has 27 heavy (non-hydrogen) atoms. The van der Waals surface area contributed by atoms with Crippen molar-refractivity contribution in [2.24, 2.45) is 0 Å². The van der Waals surface area contributed by atoms with Gasteiger partial charge in [0.25, 0.3) is 0 Å². The number of para-hydroxylation sites is 1. The van der Waals surface area contributed by atoms with E-state index in [0.29, 0.717) is 20.9 Å². The molecule has 0 bridgehead atoms. The maximum atomic E-state index is 10.5. The minimum atomic E-state index is 0.415. The minimum absolute atomic E-state index is 0.415. The molecule has 2 nitrogen and oxygen atoms in total. The zero-order valence-electron chi connectivity index (χ0n) is 15.8. The number of rotatable bonds is 5. The quantitative estimate of drug-likeness (QED) is 0.400. The van der Waals surface area contributed by atoms with Crippen molar-refractivity contribution < 1.29 is 24.5 Å². The van der Waals surface area contributed by atoms with Crippen LogP contribution >= 0.6 is 17.9 Å². The van der Waals surface area contributed by atoms with Gasteiger partial charge in [-0.2, -0.15) is 0 Å². The van der Waals surface area contributed by atoms with Crippen LogP contribution in [0.15, 0.2) is 60.7 Å². The number of hydrogen-bond donors (Lipinski definition) is 1. The Morgan fingerprint density at radius 3 is 2.33 bits per heavy atom. The van der Waals surface area contributed by atoms with Gasteiger partial charge in [0.1, 0.15) is 5.75 Å². The molecular weight excluding hydrogens is 409 g/mol. The van der Waals surface area contributed by atoms with Gasteiger partial charge in [-0.3, -0.25) is 0 Å². The molecule has 0 heterocycles. The summed E-state index contributed by atoms with van der Waals surface area (Å²) in [5.41, 5.74) is 5.58. The Labute approximate surface area is 179 Å². The number of aryl methyl sites for hydroxylation is 3. The van der Waals surface area contributed by atoms with E-state index >= 15 is 0 Å². The topological polar surface area (TPSA) is 34.3 Å². The summed E-state index contributed by atoms with van der Waals surface area (Å²) in [5, 5.41) is 17.5. The third-order valence-corrected chi connectivity index (χ3v) is 5.87. The van der Waals surface area contributed by atoms with E-state index < -0.39 is 0 Å². The first-order chi connectivity index (χ1) is 13.0. The molecule has 0 fully saturated rings. The molecule has 0 aromatic heterocycles. The molecule has 3 aromatic carbocycles. The van der Waals surface area contributed by atoms with Gasteiger partial charge in [-0.05, 0) is 48.8 Å². The van der Waals surface area contributed by atoms with E-state index in [1.807, 2.05) is 43.3 Å². The van der Waals surface area contributed by atoms with Crippen LogP contribution in [0.5, 0.6) is 5.75 Å². The van der Waals surface area contributed by atoms with Crippen LogP contribution in [0.3, 0.4) is 0 Å². The average Bonchev–Trinajstić information content (AvgIpc) is 2.68. The van der Waals surface area contributed by atoms with Gasteiger partial charge >= 0.3 is 28.7 Å². The zero-order valence-corrected chi connectivity index (χ0v) is 19.1. The number of benzene rings is 3. The molecule has 0 amide bonds.